The standard InChI is InChI=1S/C29H27ClN6O5/c30-22-9-6-17(26(38)33-24(15-37)16-4-2-1-3-5-16)11-23(22)32-27(39)21-10-18-12-31-29(35-25(18)34-28(21)40)36-13-19-7-8-20(14-36)41-19/h1-6,9-12,19-20,24,37H,7-8,13-15H2,(H,32,39)(H,33,38)(H,31,34,35,40)/t19-,20+,24?. The number of aromatic nitrogens is 3. The molecule has 41 heavy (non-hydrogen) atoms. The van der Waals surface area contributed by atoms with E-state index in [-0.39, 0.29) is 40.7 Å². The number of pyridine rings is 1. The molecule has 3 atom stereocenters. The van der Waals surface area contributed by atoms with Crippen LogP contribution in [-0.2, 0) is 4.74 Å². The van der Waals surface area contributed by atoms with Crippen molar-refractivity contribution in [2.45, 2.75) is 31.1 Å². The Morgan fingerprint density at radius 1 is 1.10 bits per heavy atom. The van der Waals surface area contributed by atoms with Crippen molar-refractivity contribution >= 4 is 46.1 Å². The van der Waals surface area contributed by atoms with E-state index in [1.165, 1.54) is 24.3 Å². The molecule has 2 aromatic carbocycles. The number of fused-ring (bicyclic) bond motifs is 3. The molecule has 11 nitrogen and oxygen atoms in total. The van der Waals surface area contributed by atoms with E-state index in [4.69, 9.17) is 16.3 Å². The van der Waals surface area contributed by atoms with Crippen LogP contribution in [0.5, 0.6) is 0 Å². The minimum absolute atomic E-state index is 0.151. The summed E-state index contributed by atoms with van der Waals surface area (Å²) in [5, 5.41) is 15.9. The third kappa shape index (κ3) is 5.64. The molecule has 2 aromatic heterocycles. The smallest absolute Gasteiger partial charge is 0.262 e. The molecule has 2 saturated heterocycles. The number of benzene rings is 2. The van der Waals surface area contributed by atoms with Gasteiger partial charge < -0.3 is 30.4 Å². The molecule has 0 spiro atoms. The molecule has 0 saturated carbocycles. The van der Waals surface area contributed by atoms with Crippen LogP contribution in [0.2, 0.25) is 5.02 Å². The number of carbonyl (C=O) groups excluding carboxylic acids is 2. The minimum Gasteiger partial charge on any atom is -0.394 e. The summed E-state index contributed by atoms with van der Waals surface area (Å²) in [7, 11) is 0. The molecule has 2 amide bonds. The summed E-state index contributed by atoms with van der Waals surface area (Å²) in [5.41, 5.74) is 0.647. The van der Waals surface area contributed by atoms with E-state index < -0.39 is 23.4 Å². The van der Waals surface area contributed by atoms with Gasteiger partial charge in [-0.2, -0.15) is 4.98 Å². The van der Waals surface area contributed by atoms with Crippen molar-refractivity contribution in [1.29, 1.82) is 0 Å². The number of amides is 2. The minimum atomic E-state index is -0.709. The first-order chi connectivity index (χ1) is 19.9. The molecule has 4 heterocycles. The van der Waals surface area contributed by atoms with Gasteiger partial charge in [-0.05, 0) is 42.7 Å². The number of rotatable bonds is 7. The van der Waals surface area contributed by atoms with Gasteiger partial charge in [-0.3, -0.25) is 14.4 Å². The molecule has 2 aliphatic heterocycles. The van der Waals surface area contributed by atoms with E-state index in [0.29, 0.717) is 30.1 Å². The molecule has 2 aliphatic rings. The van der Waals surface area contributed by atoms with Gasteiger partial charge in [-0.25, -0.2) is 4.98 Å². The number of hydrogen-bond donors (Lipinski definition) is 4. The number of aromatic amines is 1. The first-order valence-corrected chi connectivity index (χ1v) is 13.6. The molecular weight excluding hydrogens is 548 g/mol. The summed E-state index contributed by atoms with van der Waals surface area (Å²) in [6.07, 6.45) is 3.92. The summed E-state index contributed by atoms with van der Waals surface area (Å²) in [4.78, 5) is 52.7. The maximum atomic E-state index is 13.1. The lowest BCUT2D eigenvalue weighted by molar-refractivity contribution is 0.0299. The quantitative estimate of drug-likeness (QED) is 0.263. The monoisotopic (exact) mass is 574 g/mol. The van der Waals surface area contributed by atoms with E-state index in [1.807, 2.05) is 18.2 Å². The van der Waals surface area contributed by atoms with Crippen LogP contribution in [0.1, 0.15) is 45.2 Å². The number of H-pyrrole nitrogens is 1. The van der Waals surface area contributed by atoms with Crippen LogP contribution >= 0.6 is 11.6 Å². The summed E-state index contributed by atoms with van der Waals surface area (Å²) in [6, 6.07) is 14.3. The second-order valence-electron chi connectivity index (χ2n) is 10.1. The maximum absolute atomic E-state index is 13.1. The number of nitrogens with zero attached hydrogens (tertiary/aromatic N) is 3. The molecule has 6 rings (SSSR count). The second-order valence-corrected chi connectivity index (χ2v) is 10.5. The molecule has 2 fully saturated rings. The van der Waals surface area contributed by atoms with Crippen molar-refractivity contribution < 1.29 is 19.4 Å². The zero-order valence-electron chi connectivity index (χ0n) is 21.8. The van der Waals surface area contributed by atoms with Crippen LogP contribution in [0.15, 0.2) is 65.6 Å². The van der Waals surface area contributed by atoms with Crippen LogP contribution < -0.4 is 21.1 Å². The average Bonchev–Trinajstić information content (AvgIpc) is 3.33. The molecule has 1 unspecified atom stereocenters. The lowest BCUT2D eigenvalue weighted by atomic mass is 10.1. The SMILES string of the molecule is O=C(NC(CO)c1ccccc1)c1ccc(Cl)c(NC(=O)c2cc3cnc(N4C[C@H]5CC[C@@H](C4)O5)nc3[nH]c2=O)c1. The largest absolute Gasteiger partial charge is 0.394 e. The van der Waals surface area contributed by atoms with Gasteiger partial charge in [0.2, 0.25) is 5.95 Å². The summed E-state index contributed by atoms with van der Waals surface area (Å²) in [6.45, 7) is 1.09. The Morgan fingerprint density at radius 2 is 1.85 bits per heavy atom. The van der Waals surface area contributed by atoms with Gasteiger partial charge in [-0.15, -0.1) is 0 Å². The van der Waals surface area contributed by atoms with E-state index in [1.54, 1.807) is 18.3 Å². The van der Waals surface area contributed by atoms with Crippen LogP contribution in [0, 0.1) is 0 Å². The zero-order chi connectivity index (χ0) is 28.5. The highest BCUT2D eigenvalue weighted by atomic mass is 35.5. The number of ether oxygens (including phenoxy) is 1. The summed E-state index contributed by atoms with van der Waals surface area (Å²) < 4.78 is 5.87. The van der Waals surface area contributed by atoms with Gasteiger partial charge in [-0.1, -0.05) is 41.9 Å². The van der Waals surface area contributed by atoms with Crippen LogP contribution in [0.3, 0.4) is 0 Å². The fraction of sp³-hybridized carbons (Fsp3) is 0.276. The molecule has 4 aromatic rings. The van der Waals surface area contributed by atoms with Gasteiger partial charge >= 0.3 is 0 Å². The van der Waals surface area contributed by atoms with Crippen molar-refractivity contribution in [3.63, 3.8) is 0 Å². The number of aliphatic hydroxyl groups excluding tert-OH is 1. The van der Waals surface area contributed by atoms with E-state index >= 15 is 0 Å². The van der Waals surface area contributed by atoms with Crippen molar-refractivity contribution in [3.05, 3.63) is 92.9 Å². The Labute approximate surface area is 239 Å². The highest BCUT2D eigenvalue weighted by molar-refractivity contribution is 6.34. The highest BCUT2D eigenvalue weighted by Crippen LogP contribution is 2.29. The predicted molar refractivity (Wildman–Crippen MR) is 153 cm³/mol. The van der Waals surface area contributed by atoms with Gasteiger partial charge in [0.1, 0.15) is 11.2 Å². The number of anilines is 2. The van der Waals surface area contributed by atoms with Gasteiger partial charge in [0.05, 0.1) is 35.6 Å². The van der Waals surface area contributed by atoms with E-state index in [0.717, 1.165) is 18.4 Å². The number of carbonyl (C=O) groups is 2. The number of nitrogens with one attached hydrogen (secondary N) is 3. The number of morpholine rings is 1. The Balaban J connectivity index is 1.19. The van der Waals surface area contributed by atoms with Crippen molar-refractivity contribution in [2.75, 3.05) is 29.9 Å². The first-order valence-electron chi connectivity index (χ1n) is 13.3. The third-order valence-electron chi connectivity index (χ3n) is 7.32. The van der Waals surface area contributed by atoms with E-state index in [9.17, 15) is 19.5 Å². The normalized spacial score (nSPS) is 18.7. The molecule has 0 aliphatic carbocycles. The fourth-order valence-corrected chi connectivity index (χ4v) is 5.36. The second kappa shape index (κ2) is 11.3. The number of aliphatic hydroxyl groups is 1. The first kappa shape index (κ1) is 26.9. The maximum Gasteiger partial charge on any atom is 0.262 e. The van der Waals surface area contributed by atoms with Crippen molar-refractivity contribution in [1.82, 2.24) is 20.3 Å². The molecular formula is C29H27ClN6O5. The lowest BCUT2D eigenvalue weighted by Crippen LogP contribution is -2.43. The summed E-state index contributed by atoms with van der Waals surface area (Å²) >= 11 is 6.31. The zero-order valence-corrected chi connectivity index (χ0v) is 22.6. The summed E-state index contributed by atoms with van der Waals surface area (Å²) in [5.74, 6) is -0.674. The average molecular weight is 575 g/mol. The Bertz CT molecular complexity index is 1670. The van der Waals surface area contributed by atoms with Crippen molar-refractivity contribution in [3.8, 4) is 0 Å². The molecule has 2 bridgehead atoms. The Morgan fingerprint density at radius 3 is 2.59 bits per heavy atom. The predicted octanol–water partition coefficient (Wildman–Crippen LogP) is 3.05. The molecule has 4 N–H and O–H groups in total. The van der Waals surface area contributed by atoms with Gasteiger partial charge in [0, 0.05) is 30.2 Å². The van der Waals surface area contributed by atoms with Crippen LogP contribution in [0.4, 0.5) is 11.6 Å². The van der Waals surface area contributed by atoms with Gasteiger partial charge in [0.25, 0.3) is 17.4 Å². The molecule has 12 heteroatoms. The van der Waals surface area contributed by atoms with Crippen molar-refractivity contribution in [2.24, 2.45) is 0 Å². The lowest BCUT2D eigenvalue weighted by Gasteiger charge is -2.32. The number of halogens is 1. The topological polar surface area (TPSA) is 150 Å². The fourth-order valence-electron chi connectivity index (χ4n) is 5.20. The Hall–Kier alpha value is -4.32. The Kier molecular flexibility index (Phi) is 7.39. The molecule has 210 valence electrons. The van der Waals surface area contributed by atoms with Crippen LogP contribution in [-0.4, -0.2) is 63.8 Å². The van der Waals surface area contributed by atoms with E-state index in [2.05, 4.69) is 30.5 Å². The highest BCUT2D eigenvalue weighted by Gasteiger charge is 2.34. The third-order valence-corrected chi connectivity index (χ3v) is 7.65. The van der Waals surface area contributed by atoms with Crippen LogP contribution in [0.25, 0.3) is 11.0 Å². The number of hydrogen-bond acceptors (Lipinski definition) is 8. The molecule has 0 radical (unpaired) electrons. The van der Waals surface area contributed by atoms with Gasteiger partial charge in [0.15, 0.2) is 0 Å².